The topological polar surface area (TPSA) is 66.8 Å². The zero-order valence-corrected chi connectivity index (χ0v) is 11.6. The van der Waals surface area contributed by atoms with Crippen molar-refractivity contribution in [3.63, 3.8) is 0 Å². The van der Waals surface area contributed by atoms with E-state index in [0.717, 1.165) is 6.42 Å². The molecule has 1 N–H and O–H groups in total. The lowest BCUT2D eigenvalue weighted by Crippen LogP contribution is -2.44. The molecule has 18 heavy (non-hydrogen) atoms. The van der Waals surface area contributed by atoms with Crippen LogP contribution in [0.3, 0.4) is 0 Å². The molecular weight excluding hydrogens is 234 g/mol. The Kier molecular flexibility index (Phi) is 4.59. The minimum Gasteiger partial charge on any atom is -0.480 e. The van der Waals surface area contributed by atoms with Crippen LogP contribution in [-0.2, 0) is 9.53 Å². The lowest BCUT2D eigenvalue weighted by Gasteiger charge is -2.26. The minimum atomic E-state index is -0.952. The Morgan fingerprint density at radius 3 is 2.44 bits per heavy atom. The van der Waals surface area contributed by atoms with Gasteiger partial charge in [-0.1, -0.05) is 20.8 Å². The second-order valence-electron chi connectivity index (χ2n) is 6.11. The molecule has 104 valence electrons. The van der Waals surface area contributed by atoms with Gasteiger partial charge in [-0.15, -0.1) is 0 Å². The van der Waals surface area contributed by atoms with Crippen molar-refractivity contribution in [2.45, 2.75) is 59.0 Å². The van der Waals surface area contributed by atoms with Crippen LogP contribution >= 0.6 is 0 Å². The Balaban J connectivity index is 2.51. The maximum Gasteiger partial charge on any atom is 0.410 e. The summed E-state index contributed by atoms with van der Waals surface area (Å²) in [5.41, 5.74) is 0.100. The van der Waals surface area contributed by atoms with Crippen LogP contribution < -0.4 is 0 Å². The summed E-state index contributed by atoms with van der Waals surface area (Å²) < 4.78 is 5.18. The first-order valence-corrected chi connectivity index (χ1v) is 6.40. The molecular formula is C13H23NO4. The van der Waals surface area contributed by atoms with E-state index < -0.39 is 18.1 Å². The first-order valence-electron chi connectivity index (χ1n) is 6.40. The van der Waals surface area contributed by atoms with E-state index in [0.29, 0.717) is 19.4 Å². The van der Waals surface area contributed by atoms with Gasteiger partial charge in [0.2, 0.25) is 0 Å². The monoisotopic (exact) mass is 257 g/mol. The number of likely N-dealkylation sites (tertiary alicyclic amines) is 1. The molecule has 1 rings (SSSR count). The fourth-order valence-corrected chi connectivity index (χ4v) is 2.05. The third-order valence-electron chi connectivity index (χ3n) is 3.24. The SMILES string of the molecule is CC1CC[C@@H](C(=O)O)N1C(=O)OCCC(C)(C)C. The van der Waals surface area contributed by atoms with Crippen molar-refractivity contribution in [3.8, 4) is 0 Å². The van der Waals surface area contributed by atoms with Crippen molar-refractivity contribution in [1.82, 2.24) is 4.90 Å². The predicted octanol–water partition coefficient (Wildman–Crippen LogP) is 2.50. The standard InChI is InChI=1S/C13H23NO4/c1-9-5-6-10(11(15)16)14(9)12(17)18-8-7-13(2,3)4/h9-10H,5-8H2,1-4H3,(H,15,16)/t9?,10-/m0/s1. The van der Waals surface area contributed by atoms with Crippen molar-refractivity contribution in [1.29, 1.82) is 0 Å². The van der Waals surface area contributed by atoms with E-state index in [2.05, 4.69) is 20.8 Å². The quantitative estimate of drug-likeness (QED) is 0.843. The Morgan fingerprint density at radius 1 is 1.33 bits per heavy atom. The van der Waals surface area contributed by atoms with Gasteiger partial charge in [0, 0.05) is 6.04 Å². The van der Waals surface area contributed by atoms with E-state index in [1.165, 1.54) is 4.90 Å². The van der Waals surface area contributed by atoms with Gasteiger partial charge >= 0.3 is 12.1 Å². The van der Waals surface area contributed by atoms with Crippen LogP contribution in [0.2, 0.25) is 0 Å². The van der Waals surface area contributed by atoms with Crippen LogP contribution in [0.1, 0.15) is 47.0 Å². The smallest absolute Gasteiger partial charge is 0.410 e. The number of aliphatic carboxylic acids is 1. The molecule has 1 saturated heterocycles. The van der Waals surface area contributed by atoms with E-state index in [1.807, 2.05) is 6.92 Å². The van der Waals surface area contributed by atoms with Gasteiger partial charge in [0.1, 0.15) is 6.04 Å². The van der Waals surface area contributed by atoms with Crippen molar-refractivity contribution in [2.24, 2.45) is 5.41 Å². The molecule has 0 aromatic carbocycles. The van der Waals surface area contributed by atoms with Gasteiger partial charge in [0.05, 0.1) is 6.61 Å². The van der Waals surface area contributed by atoms with Crippen molar-refractivity contribution >= 4 is 12.1 Å². The summed E-state index contributed by atoms with van der Waals surface area (Å²) in [6.07, 6.45) is 1.48. The summed E-state index contributed by atoms with van der Waals surface area (Å²) in [6.45, 7) is 8.39. The van der Waals surface area contributed by atoms with Crippen molar-refractivity contribution in [2.75, 3.05) is 6.61 Å². The number of ether oxygens (including phenoxy) is 1. The molecule has 1 heterocycles. The highest BCUT2D eigenvalue weighted by atomic mass is 16.6. The number of rotatable bonds is 3. The number of carbonyl (C=O) groups excluding carboxylic acids is 1. The van der Waals surface area contributed by atoms with Gasteiger partial charge in [0.25, 0.3) is 0 Å². The molecule has 1 fully saturated rings. The summed E-state index contributed by atoms with van der Waals surface area (Å²) in [4.78, 5) is 24.3. The zero-order valence-electron chi connectivity index (χ0n) is 11.6. The first-order chi connectivity index (χ1) is 8.22. The molecule has 0 bridgehead atoms. The van der Waals surface area contributed by atoms with Gasteiger partial charge in [-0.3, -0.25) is 4.90 Å². The second-order valence-corrected chi connectivity index (χ2v) is 6.11. The number of hydrogen-bond donors (Lipinski definition) is 1. The van der Waals surface area contributed by atoms with E-state index in [9.17, 15) is 9.59 Å². The normalized spacial score (nSPS) is 24.1. The van der Waals surface area contributed by atoms with Crippen molar-refractivity contribution in [3.05, 3.63) is 0 Å². The number of carboxylic acids is 1. The number of carbonyl (C=O) groups is 2. The molecule has 0 aromatic heterocycles. The average molecular weight is 257 g/mol. The van der Waals surface area contributed by atoms with Crippen LogP contribution in [0, 0.1) is 5.41 Å². The summed E-state index contributed by atoms with van der Waals surface area (Å²) >= 11 is 0. The molecule has 1 aliphatic rings. The lowest BCUT2D eigenvalue weighted by atomic mass is 9.93. The number of hydrogen-bond acceptors (Lipinski definition) is 3. The molecule has 5 nitrogen and oxygen atoms in total. The van der Waals surface area contributed by atoms with Gasteiger partial charge in [-0.05, 0) is 31.6 Å². The molecule has 1 unspecified atom stereocenters. The average Bonchev–Trinajstić information content (AvgIpc) is 2.58. The molecule has 0 radical (unpaired) electrons. The van der Waals surface area contributed by atoms with Crippen LogP contribution in [-0.4, -0.2) is 40.8 Å². The largest absolute Gasteiger partial charge is 0.480 e. The summed E-state index contributed by atoms with van der Waals surface area (Å²) in [5.74, 6) is -0.952. The van der Waals surface area contributed by atoms with Crippen LogP contribution in [0.5, 0.6) is 0 Å². The van der Waals surface area contributed by atoms with Gasteiger partial charge < -0.3 is 9.84 Å². The summed E-state index contributed by atoms with van der Waals surface area (Å²) in [6, 6.07) is -0.796. The van der Waals surface area contributed by atoms with Crippen LogP contribution in [0.4, 0.5) is 4.79 Å². The van der Waals surface area contributed by atoms with Crippen LogP contribution in [0.25, 0.3) is 0 Å². The molecule has 2 atom stereocenters. The van der Waals surface area contributed by atoms with Crippen LogP contribution in [0.15, 0.2) is 0 Å². The number of nitrogens with zero attached hydrogens (tertiary/aromatic N) is 1. The molecule has 0 saturated carbocycles. The third-order valence-corrected chi connectivity index (χ3v) is 3.24. The molecule has 1 amide bonds. The predicted molar refractivity (Wildman–Crippen MR) is 67.4 cm³/mol. The Morgan fingerprint density at radius 2 is 1.94 bits per heavy atom. The second kappa shape index (κ2) is 5.59. The maximum atomic E-state index is 11.9. The van der Waals surface area contributed by atoms with E-state index >= 15 is 0 Å². The maximum absolute atomic E-state index is 11.9. The Hall–Kier alpha value is -1.26. The number of amides is 1. The molecule has 0 aromatic rings. The summed E-state index contributed by atoms with van der Waals surface area (Å²) in [5, 5.41) is 9.06. The third kappa shape index (κ3) is 3.89. The van der Waals surface area contributed by atoms with Gasteiger partial charge in [-0.25, -0.2) is 9.59 Å². The first kappa shape index (κ1) is 14.8. The number of carboxylic acid groups (broad SMARTS) is 1. The highest BCUT2D eigenvalue weighted by molar-refractivity contribution is 5.81. The Bertz CT molecular complexity index is 321. The fourth-order valence-electron chi connectivity index (χ4n) is 2.05. The highest BCUT2D eigenvalue weighted by Crippen LogP contribution is 2.25. The minimum absolute atomic E-state index is 0.0618. The summed E-state index contributed by atoms with van der Waals surface area (Å²) in [7, 11) is 0. The van der Waals surface area contributed by atoms with Crippen molar-refractivity contribution < 1.29 is 19.4 Å². The molecule has 1 aliphatic heterocycles. The molecule has 0 spiro atoms. The van der Waals surface area contributed by atoms with E-state index in [1.54, 1.807) is 0 Å². The van der Waals surface area contributed by atoms with E-state index in [4.69, 9.17) is 9.84 Å². The molecule has 5 heteroatoms. The van der Waals surface area contributed by atoms with Gasteiger partial charge in [-0.2, -0.15) is 0 Å². The zero-order chi connectivity index (χ0) is 13.9. The fraction of sp³-hybridized carbons (Fsp3) is 0.846. The Labute approximate surface area is 108 Å². The highest BCUT2D eigenvalue weighted by Gasteiger charge is 2.39. The molecule has 0 aliphatic carbocycles. The van der Waals surface area contributed by atoms with Gasteiger partial charge in [0.15, 0.2) is 0 Å². The van der Waals surface area contributed by atoms with E-state index in [-0.39, 0.29) is 11.5 Å². The lowest BCUT2D eigenvalue weighted by molar-refractivity contribution is -0.142.